The van der Waals surface area contributed by atoms with Gasteiger partial charge in [-0.05, 0) is 61.5 Å². The number of ether oxygens (including phenoxy) is 2. The lowest BCUT2D eigenvalue weighted by molar-refractivity contribution is -0.123. The average Bonchev–Trinajstić information content (AvgIpc) is 3.28. The zero-order chi connectivity index (χ0) is 24.4. The molecule has 2 aromatic carbocycles. The Hall–Kier alpha value is -4.24. The monoisotopic (exact) mass is 486 g/mol. The van der Waals surface area contributed by atoms with E-state index in [1.54, 1.807) is 48.9 Å². The highest BCUT2D eigenvalue weighted by molar-refractivity contribution is 7.15. The van der Waals surface area contributed by atoms with Crippen molar-refractivity contribution >= 4 is 34.5 Å². The zero-order valence-corrected chi connectivity index (χ0v) is 20.0. The molecule has 0 unspecified atom stereocenters. The highest BCUT2D eigenvalue weighted by Crippen LogP contribution is 2.39. The van der Waals surface area contributed by atoms with Gasteiger partial charge in [0, 0.05) is 22.3 Å². The lowest BCUT2D eigenvalue weighted by atomic mass is 10.1. The molecule has 8 nitrogen and oxygen atoms in total. The summed E-state index contributed by atoms with van der Waals surface area (Å²) in [5.41, 5.74) is 3.60. The van der Waals surface area contributed by atoms with E-state index in [0.29, 0.717) is 22.9 Å². The maximum Gasteiger partial charge on any atom is 0.265 e. The van der Waals surface area contributed by atoms with E-state index < -0.39 is 0 Å². The van der Waals surface area contributed by atoms with Crippen LogP contribution in [0.3, 0.4) is 0 Å². The summed E-state index contributed by atoms with van der Waals surface area (Å²) in [6.07, 6.45) is 1.74. The number of methoxy groups -OCH3 is 1. The van der Waals surface area contributed by atoms with Crippen LogP contribution in [0.15, 0.2) is 66.9 Å². The lowest BCUT2D eigenvalue weighted by Crippen LogP contribution is -2.43. The maximum atomic E-state index is 12.8. The van der Waals surface area contributed by atoms with Crippen LogP contribution in [0.2, 0.25) is 0 Å². The second-order valence-electron chi connectivity index (χ2n) is 7.87. The maximum absolute atomic E-state index is 12.8. The number of aryl methyl sites for hydroxylation is 1. The molecule has 4 aromatic rings. The van der Waals surface area contributed by atoms with E-state index in [4.69, 9.17) is 14.5 Å². The molecule has 0 saturated heterocycles. The number of carbonyl (C=O) groups is 2. The number of anilines is 2. The van der Waals surface area contributed by atoms with E-state index in [1.165, 1.54) is 4.90 Å². The molecule has 3 heterocycles. The van der Waals surface area contributed by atoms with Gasteiger partial charge >= 0.3 is 0 Å². The van der Waals surface area contributed by atoms with Crippen molar-refractivity contribution in [3.63, 3.8) is 0 Å². The Morgan fingerprint density at radius 3 is 2.74 bits per heavy atom. The summed E-state index contributed by atoms with van der Waals surface area (Å²) in [6, 6.07) is 18.3. The number of nitrogens with one attached hydrogen (secondary N) is 1. The molecule has 0 saturated carbocycles. The van der Waals surface area contributed by atoms with Crippen LogP contribution >= 0.6 is 11.3 Å². The van der Waals surface area contributed by atoms with Crippen molar-refractivity contribution in [2.75, 3.05) is 30.5 Å². The standard InChI is InChI=1S/C26H22N4O4S/c1-16-25(29-26(35-16)20-5-3-4-12-27-20)17-6-11-22-21(13-17)30(24(32)15-34-22)14-23(31)28-18-7-9-19(33-2)10-8-18/h3-13H,14-15H2,1-2H3,(H,28,31). The van der Waals surface area contributed by atoms with E-state index in [9.17, 15) is 9.59 Å². The topological polar surface area (TPSA) is 93.7 Å². The Kier molecular flexibility index (Phi) is 6.15. The third-order valence-corrected chi connectivity index (χ3v) is 6.52. The Morgan fingerprint density at radius 1 is 1.17 bits per heavy atom. The number of nitrogens with zero attached hydrogens (tertiary/aromatic N) is 3. The summed E-state index contributed by atoms with van der Waals surface area (Å²) in [5, 5.41) is 3.64. The van der Waals surface area contributed by atoms with Crippen LogP contribution in [-0.4, -0.2) is 42.0 Å². The summed E-state index contributed by atoms with van der Waals surface area (Å²) in [6.45, 7) is 1.74. The van der Waals surface area contributed by atoms with Crippen LogP contribution in [0.1, 0.15) is 4.88 Å². The first-order chi connectivity index (χ1) is 17.0. The third kappa shape index (κ3) is 4.71. The first kappa shape index (κ1) is 22.5. The van der Waals surface area contributed by atoms with E-state index in [0.717, 1.165) is 26.8 Å². The summed E-state index contributed by atoms with van der Waals surface area (Å²) in [7, 11) is 1.58. The number of carbonyl (C=O) groups excluding carboxylic acids is 2. The van der Waals surface area contributed by atoms with Gasteiger partial charge in [0.05, 0.1) is 24.2 Å². The molecule has 0 aliphatic carbocycles. The number of benzene rings is 2. The van der Waals surface area contributed by atoms with Gasteiger partial charge in [-0.3, -0.25) is 19.5 Å². The molecule has 2 amide bonds. The molecule has 0 atom stereocenters. The van der Waals surface area contributed by atoms with E-state index in [-0.39, 0.29) is 25.0 Å². The van der Waals surface area contributed by atoms with Gasteiger partial charge in [-0.25, -0.2) is 4.98 Å². The molecule has 5 rings (SSSR count). The number of aromatic nitrogens is 2. The second kappa shape index (κ2) is 9.55. The molecule has 2 aromatic heterocycles. The van der Waals surface area contributed by atoms with Crippen molar-refractivity contribution < 1.29 is 19.1 Å². The fraction of sp³-hybridized carbons (Fsp3) is 0.154. The largest absolute Gasteiger partial charge is 0.497 e. The number of hydrogen-bond acceptors (Lipinski definition) is 7. The first-order valence-electron chi connectivity index (χ1n) is 10.9. The van der Waals surface area contributed by atoms with Gasteiger partial charge in [-0.1, -0.05) is 6.07 Å². The molecule has 176 valence electrons. The predicted octanol–water partition coefficient (Wildman–Crippen LogP) is 4.55. The Morgan fingerprint density at radius 2 is 2.00 bits per heavy atom. The van der Waals surface area contributed by atoms with Crippen LogP contribution in [0.5, 0.6) is 11.5 Å². The number of amides is 2. The lowest BCUT2D eigenvalue weighted by Gasteiger charge is -2.29. The number of hydrogen-bond donors (Lipinski definition) is 1. The fourth-order valence-corrected chi connectivity index (χ4v) is 4.72. The van der Waals surface area contributed by atoms with E-state index >= 15 is 0 Å². The summed E-state index contributed by atoms with van der Waals surface area (Å²) in [5.74, 6) is 0.632. The number of thiazole rings is 1. The molecule has 9 heteroatoms. The minimum atomic E-state index is -0.316. The van der Waals surface area contributed by atoms with Gasteiger partial charge in [0.15, 0.2) is 6.61 Å². The average molecular weight is 487 g/mol. The van der Waals surface area contributed by atoms with E-state index in [2.05, 4.69) is 10.3 Å². The van der Waals surface area contributed by atoms with Crippen LogP contribution < -0.4 is 19.7 Å². The minimum absolute atomic E-state index is 0.123. The molecular weight excluding hydrogens is 464 g/mol. The molecule has 0 radical (unpaired) electrons. The Balaban J connectivity index is 1.41. The molecule has 1 N–H and O–H groups in total. The number of pyridine rings is 1. The van der Waals surface area contributed by atoms with Crippen molar-refractivity contribution in [2.45, 2.75) is 6.92 Å². The third-order valence-electron chi connectivity index (χ3n) is 5.53. The smallest absolute Gasteiger partial charge is 0.265 e. The fourth-order valence-electron chi connectivity index (χ4n) is 3.80. The Labute approximate surface area is 206 Å². The van der Waals surface area contributed by atoms with Gasteiger partial charge in [0.25, 0.3) is 5.91 Å². The first-order valence-corrected chi connectivity index (χ1v) is 11.7. The highest BCUT2D eigenvalue weighted by atomic mass is 32.1. The van der Waals surface area contributed by atoms with Crippen LogP contribution in [-0.2, 0) is 9.59 Å². The zero-order valence-electron chi connectivity index (χ0n) is 19.1. The van der Waals surface area contributed by atoms with Gasteiger partial charge < -0.3 is 14.8 Å². The van der Waals surface area contributed by atoms with Crippen molar-refractivity contribution in [3.05, 3.63) is 71.7 Å². The quantitative estimate of drug-likeness (QED) is 0.430. The molecule has 0 spiro atoms. The van der Waals surface area contributed by atoms with Crippen LogP contribution in [0.25, 0.3) is 22.0 Å². The summed E-state index contributed by atoms with van der Waals surface area (Å²) >= 11 is 1.56. The number of rotatable bonds is 6. The van der Waals surface area contributed by atoms with Gasteiger partial charge in [0.1, 0.15) is 23.1 Å². The van der Waals surface area contributed by atoms with Crippen molar-refractivity contribution in [2.24, 2.45) is 0 Å². The molecule has 35 heavy (non-hydrogen) atoms. The molecule has 1 aliphatic heterocycles. The highest BCUT2D eigenvalue weighted by Gasteiger charge is 2.28. The summed E-state index contributed by atoms with van der Waals surface area (Å²) in [4.78, 5) is 37.1. The molecule has 0 fully saturated rings. The van der Waals surface area contributed by atoms with Crippen LogP contribution in [0, 0.1) is 6.92 Å². The summed E-state index contributed by atoms with van der Waals surface area (Å²) < 4.78 is 10.8. The predicted molar refractivity (Wildman–Crippen MR) is 135 cm³/mol. The van der Waals surface area contributed by atoms with Crippen molar-refractivity contribution in [1.82, 2.24) is 9.97 Å². The van der Waals surface area contributed by atoms with Crippen molar-refractivity contribution in [1.29, 1.82) is 0 Å². The molecule has 1 aliphatic rings. The van der Waals surface area contributed by atoms with Gasteiger partial charge in [-0.15, -0.1) is 11.3 Å². The molecular formula is C26H22N4O4S. The second-order valence-corrected chi connectivity index (χ2v) is 9.07. The normalized spacial score (nSPS) is 12.6. The van der Waals surface area contributed by atoms with Gasteiger partial charge in [0.2, 0.25) is 5.91 Å². The minimum Gasteiger partial charge on any atom is -0.497 e. The SMILES string of the molecule is COc1ccc(NC(=O)CN2C(=O)COc3ccc(-c4nc(-c5ccccn5)sc4C)cc32)cc1. The van der Waals surface area contributed by atoms with Gasteiger partial charge in [-0.2, -0.15) is 0 Å². The van der Waals surface area contributed by atoms with Crippen LogP contribution in [0.4, 0.5) is 11.4 Å². The van der Waals surface area contributed by atoms with E-state index in [1.807, 2.05) is 43.3 Å². The number of fused-ring (bicyclic) bond motifs is 1. The Bertz CT molecular complexity index is 1390. The molecule has 0 bridgehead atoms. The van der Waals surface area contributed by atoms with Crippen molar-refractivity contribution in [3.8, 4) is 33.5 Å².